The first-order valence-electron chi connectivity index (χ1n) is 10.8. The normalized spacial score (nSPS) is 15.2. The molecule has 1 aliphatic rings. The molecule has 33 heavy (non-hydrogen) atoms. The van der Waals surface area contributed by atoms with E-state index in [1.807, 2.05) is 31.2 Å². The number of aryl methyl sites for hydroxylation is 3. The van der Waals surface area contributed by atoms with Gasteiger partial charge in [-0.1, -0.05) is 18.2 Å². The fourth-order valence-electron chi connectivity index (χ4n) is 4.24. The zero-order valence-electron chi connectivity index (χ0n) is 19.0. The number of ether oxygens (including phenoxy) is 1. The average molecular weight is 441 g/mol. The van der Waals surface area contributed by atoms with E-state index in [2.05, 4.69) is 52.5 Å². The molecule has 1 aliphatic heterocycles. The molecule has 0 fully saturated rings. The largest absolute Gasteiger partial charge is 0.497 e. The van der Waals surface area contributed by atoms with Gasteiger partial charge in [-0.15, -0.1) is 5.10 Å². The smallest absolute Gasteiger partial charge is 0.272 e. The summed E-state index contributed by atoms with van der Waals surface area (Å²) < 4.78 is 6.81. The van der Waals surface area contributed by atoms with E-state index in [1.54, 1.807) is 18.0 Å². The minimum absolute atomic E-state index is 0.0638. The van der Waals surface area contributed by atoms with Crippen molar-refractivity contribution in [3.05, 3.63) is 76.6 Å². The molecular weight excluding hydrogens is 416 g/mol. The second-order valence-electron chi connectivity index (χ2n) is 8.28. The van der Waals surface area contributed by atoms with Gasteiger partial charge in [0.05, 0.1) is 24.7 Å². The highest BCUT2D eigenvalue weighted by Crippen LogP contribution is 2.40. The molecule has 5 rings (SSSR count). The lowest BCUT2D eigenvalue weighted by Crippen LogP contribution is -2.25. The second kappa shape index (κ2) is 8.12. The molecule has 3 heterocycles. The van der Waals surface area contributed by atoms with Crippen molar-refractivity contribution in [3.8, 4) is 23.0 Å². The van der Waals surface area contributed by atoms with Gasteiger partial charge in [-0.3, -0.25) is 4.79 Å². The SMILES string of the molecule is COc1ccc(-c2cnnc(-n3nc(C)c4c3NC(=O)C[C@@H]4c3ccc(C)c(C)c3)n2)cc1. The molecule has 1 amide bonds. The summed E-state index contributed by atoms with van der Waals surface area (Å²) in [6.07, 6.45) is 1.97. The summed E-state index contributed by atoms with van der Waals surface area (Å²) in [7, 11) is 1.63. The molecule has 0 saturated carbocycles. The Morgan fingerprint density at radius 1 is 1.06 bits per heavy atom. The van der Waals surface area contributed by atoms with Crippen LogP contribution in [0.1, 0.15) is 40.3 Å². The van der Waals surface area contributed by atoms with Crippen molar-refractivity contribution in [1.29, 1.82) is 0 Å². The van der Waals surface area contributed by atoms with Crippen molar-refractivity contribution < 1.29 is 9.53 Å². The van der Waals surface area contributed by atoms with Gasteiger partial charge in [0.1, 0.15) is 11.6 Å². The third kappa shape index (κ3) is 3.73. The minimum Gasteiger partial charge on any atom is -0.497 e. The lowest BCUT2D eigenvalue weighted by atomic mass is 9.84. The van der Waals surface area contributed by atoms with E-state index in [4.69, 9.17) is 9.84 Å². The van der Waals surface area contributed by atoms with E-state index in [0.717, 1.165) is 28.1 Å². The van der Waals surface area contributed by atoms with Crippen molar-refractivity contribution in [2.24, 2.45) is 0 Å². The molecule has 8 nitrogen and oxygen atoms in total. The Kier molecular flexibility index (Phi) is 5.12. The first kappa shape index (κ1) is 20.8. The van der Waals surface area contributed by atoms with Crippen molar-refractivity contribution in [2.75, 3.05) is 12.4 Å². The quantitative estimate of drug-likeness (QED) is 0.513. The van der Waals surface area contributed by atoms with E-state index in [1.165, 1.54) is 11.1 Å². The number of hydrogen-bond donors (Lipinski definition) is 1. The Balaban J connectivity index is 1.59. The molecular formula is C25H24N6O2. The Morgan fingerprint density at radius 2 is 1.85 bits per heavy atom. The fourth-order valence-corrected chi connectivity index (χ4v) is 4.24. The maximum atomic E-state index is 12.7. The van der Waals surface area contributed by atoms with E-state index in [0.29, 0.717) is 23.9 Å². The van der Waals surface area contributed by atoms with Crippen LogP contribution in [0.25, 0.3) is 17.2 Å². The molecule has 0 saturated heterocycles. The van der Waals surface area contributed by atoms with Crippen LogP contribution in [0.3, 0.4) is 0 Å². The van der Waals surface area contributed by atoms with Gasteiger partial charge in [-0.05, 0) is 61.7 Å². The number of methoxy groups -OCH3 is 1. The first-order chi connectivity index (χ1) is 15.9. The van der Waals surface area contributed by atoms with Gasteiger partial charge >= 0.3 is 0 Å². The number of anilines is 1. The Morgan fingerprint density at radius 3 is 2.58 bits per heavy atom. The van der Waals surface area contributed by atoms with E-state index in [-0.39, 0.29) is 11.8 Å². The van der Waals surface area contributed by atoms with E-state index in [9.17, 15) is 4.79 Å². The van der Waals surface area contributed by atoms with Crippen molar-refractivity contribution >= 4 is 11.7 Å². The van der Waals surface area contributed by atoms with Crippen LogP contribution >= 0.6 is 0 Å². The van der Waals surface area contributed by atoms with Crippen molar-refractivity contribution in [2.45, 2.75) is 33.1 Å². The van der Waals surface area contributed by atoms with Crippen LogP contribution in [-0.4, -0.2) is 38.0 Å². The molecule has 1 N–H and O–H groups in total. The molecule has 0 radical (unpaired) electrons. The highest BCUT2D eigenvalue weighted by atomic mass is 16.5. The molecule has 4 aromatic rings. The summed E-state index contributed by atoms with van der Waals surface area (Å²) in [6, 6.07) is 13.9. The molecule has 8 heteroatoms. The maximum Gasteiger partial charge on any atom is 0.272 e. The summed E-state index contributed by atoms with van der Waals surface area (Å²) in [4.78, 5) is 17.4. The summed E-state index contributed by atoms with van der Waals surface area (Å²) in [6.45, 7) is 6.12. The standard InChI is InChI=1S/C25H24N6O2/c1-14-5-6-18(11-15(14)2)20-12-22(32)28-24-23(20)16(3)30-31(24)25-27-21(13-26-29-25)17-7-9-19(33-4)10-8-17/h5-11,13,20H,12H2,1-4H3,(H,28,32)/t20-/m1/s1. The lowest BCUT2D eigenvalue weighted by molar-refractivity contribution is -0.116. The van der Waals surface area contributed by atoms with E-state index >= 15 is 0 Å². The second-order valence-corrected chi connectivity index (χ2v) is 8.28. The summed E-state index contributed by atoms with van der Waals surface area (Å²) >= 11 is 0. The molecule has 0 aliphatic carbocycles. The number of carbonyl (C=O) groups excluding carboxylic acids is 1. The van der Waals surface area contributed by atoms with Gasteiger partial charge in [0.2, 0.25) is 5.91 Å². The molecule has 0 unspecified atom stereocenters. The predicted molar refractivity (Wildman–Crippen MR) is 125 cm³/mol. The van der Waals surface area contributed by atoms with Gasteiger partial charge in [-0.2, -0.15) is 14.9 Å². The number of nitrogens with one attached hydrogen (secondary N) is 1. The van der Waals surface area contributed by atoms with Gasteiger partial charge in [0, 0.05) is 23.5 Å². The Hall–Kier alpha value is -4.07. The van der Waals surface area contributed by atoms with Crippen LogP contribution in [0.15, 0.2) is 48.7 Å². The first-order valence-corrected chi connectivity index (χ1v) is 10.8. The summed E-state index contributed by atoms with van der Waals surface area (Å²) in [5.74, 6) is 1.51. The van der Waals surface area contributed by atoms with Crippen LogP contribution in [0.5, 0.6) is 5.75 Å². The molecule has 2 aromatic carbocycles. The third-order valence-electron chi connectivity index (χ3n) is 6.16. The van der Waals surface area contributed by atoms with E-state index < -0.39 is 0 Å². The van der Waals surface area contributed by atoms with Gasteiger partial charge in [0.25, 0.3) is 5.95 Å². The number of nitrogens with zero attached hydrogens (tertiary/aromatic N) is 5. The van der Waals surface area contributed by atoms with Crippen molar-refractivity contribution in [1.82, 2.24) is 25.0 Å². The topological polar surface area (TPSA) is 94.8 Å². The molecule has 0 spiro atoms. The number of rotatable bonds is 4. The van der Waals surface area contributed by atoms with Gasteiger partial charge in [0.15, 0.2) is 0 Å². The molecule has 166 valence electrons. The van der Waals surface area contributed by atoms with Gasteiger partial charge in [-0.25, -0.2) is 4.98 Å². The summed E-state index contributed by atoms with van der Waals surface area (Å²) in [5, 5.41) is 16.0. The zero-order valence-corrected chi connectivity index (χ0v) is 19.0. The highest BCUT2D eigenvalue weighted by molar-refractivity contribution is 5.95. The third-order valence-corrected chi connectivity index (χ3v) is 6.16. The monoisotopic (exact) mass is 440 g/mol. The zero-order chi connectivity index (χ0) is 23.1. The average Bonchev–Trinajstić information content (AvgIpc) is 3.16. The number of aromatic nitrogens is 5. The minimum atomic E-state index is -0.0838. The van der Waals surface area contributed by atoms with Crippen LogP contribution < -0.4 is 10.1 Å². The molecule has 1 atom stereocenters. The van der Waals surface area contributed by atoms with Crippen LogP contribution in [0.4, 0.5) is 5.82 Å². The number of amides is 1. The van der Waals surface area contributed by atoms with Gasteiger partial charge < -0.3 is 10.1 Å². The molecule has 2 aromatic heterocycles. The van der Waals surface area contributed by atoms with Crippen LogP contribution in [-0.2, 0) is 4.79 Å². The predicted octanol–water partition coefficient (Wildman–Crippen LogP) is 4.13. The highest BCUT2D eigenvalue weighted by Gasteiger charge is 2.33. The number of fused-ring (bicyclic) bond motifs is 1. The van der Waals surface area contributed by atoms with Crippen LogP contribution in [0, 0.1) is 20.8 Å². The molecule has 0 bridgehead atoms. The lowest BCUT2D eigenvalue weighted by Gasteiger charge is -2.24. The van der Waals surface area contributed by atoms with Crippen molar-refractivity contribution in [3.63, 3.8) is 0 Å². The Labute approximate surface area is 191 Å². The number of hydrogen-bond acceptors (Lipinski definition) is 6. The number of benzene rings is 2. The summed E-state index contributed by atoms with van der Waals surface area (Å²) in [5.41, 5.74) is 6.86. The fraction of sp³-hybridized carbons (Fsp3) is 0.240. The number of carbonyl (C=O) groups is 1. The maximum absolute atomic E-state index is 12.7. The Bertz CT molecular complexity index is 1360. The van der Waals surface area contributed by atoms with Crippen LogP contribution in [0.2, 0.25) is 0 Å².